The smallest absolute Gasteiger partial charge is 0.234 e. The Morgan fingerprint density at radius 3 is 2.69 bits per heavy atom. The molecule has 3 heterocycles. The highest BCUT2D eigenvalue weighted by molar-refractivity contribution is 7.10. The van der Waals surface area contributed by atoms with E-state index in [1.54, 1.807) is 11.3 Å². The van der Waals surface area contributed by atoms with Crippen LogP contribution < -0.4 is 14.8 Å². The van der Waals surface area contributed by atoms with Crippen LogP contribution in [0.3, 0.4) is 0 Å². The van der Waals surface area contributed by atoms with Gasteiger partial charge >= 0.3 is 0 Å². The van der Waals surface area contributed by atoms with Gasteiger partial charge in [0.1, 0.15) is 0 Å². The van der Waals surface area contributed by atoms with Crippen molar-refractivity contribution in [2.75, 3.05) is 26.3 Å². The van der Waals surface area contributed by atoms with Gasteiger partial charge in [0.05, 0.1) is 25.8 Å². The lowest BCUT2D eigenvalue weighted by Crippen LogP contribution is -2.38. The second kappa shape index (κ2) is 9.76. The van der Waals surface area contributed by atoms with E-state index < -0.39 is 0 Å². The SMILES string of the molecule is O=C(CN1CCCC1c1ccc2c(c1)OCCCO2)NC(c1ccccc1)c1cccs1. The first-order valence-electron chi connectivity index (χ1n) is 11.3. The van der Waals surface area contributed by atoms with Gasteiger partial charge < -0.3 is 14.8 Å². The van der Waals surface area contributed by atoms with Crippen molar-refractivity contribution in [1.82, 2.24) is 10.2 Å². The Balaban J connectivity index is 1.30. The number of nitrogens with zero attached hydrogens (tertiary/aromatic N) is 1. The van der Waals surface area contributed by atoms with Gasteiger partial charge in [-0.05, 0) is 54.1 Å². The molecule has 3 aromatic rings. The number of hydrogen-bond donors (Lipinski definition) is 1. The molecule has 2 atom stereocenters. The summed E-state index contributed by atoms with van der Waals surface area (Å²) in [7, 11) is 0. The van der Waals surface area contributed by atoms with Crippen LogP contribution >= 0.6 is 11.3 Å². The molecule has 0 saturated carbocycles. The Morgan fingerprint density at radius 2 is 1.88 bits per heavy atom. The summed E-state index contributed by atoms with van der Waals surface area (Å²) < 4.78 is 11.7. The van der Waals surface area contributed by atoms with Crippen LogP contribution in [0.4, 0.5) is 0 Å². The normalized spacial score (nSPS) is 19.3. The Hall–Kier alpha value is -2.83. The monoisotopic (exact) mass is 448 g/mol. The maximum Gasteiger partial charge on any atom is 0.234 e. The molecule has 2 aromatic carbocycles. The van der Waals surface area contributed by atoms with Gasteiger partial charge in [-0.1, -0.05) is 42.5 Å². The summed E-state index contributed by atoms with van der Waals surface area (Å²) in [6, 6.07) is 20.6. The van der Waals surface area contributed by atoms with Crippen LogP contribution in [0, 0.1) is 0 Å². The van der Waals surface area contributed by atoms with E-state index in [1.165, 1.54) is 5.56 Å². The molecule has 0 spiro atoms. The molecule has 32 heavy (non-hydrogen) atoms. The summed E-state index contributed by atoms with van der Waals surface area (Å²) in [6.07, 6.45) is 3.02. The van der Waals surface area contributed by atoms with Gasteiger partial charge in [-0.2, -0.15) is 0 Å². The number of likely N-dealkylation sites (tertiary alicyclic amines) is 1. The molecule has 1 saturated heterocycles. The van der Waals surface area contributed by atoms with Gasteiger partial charge in [0.15, 0.2) is 11.5 Å². The average molecular weight is 449 g/mol. The van der Waals surface area contributed by atoms with E-state index in [4.69, 9.17) is 9.47 Å². The number of carbonyl (C=O) groups excluding carboxylic acids is 1. The van der Waals surface area contributed by atoms with Crippen LogP contribution in [0.5, 0.6) is 11.5 Å². The van der Waals surface area contributed by atoms with Crippen LogP contribution in [0.2, 0.25) is 0 Å². The van der Waals surface area contributed by atoms with Crippen LogP contribution in [0.25, 0.3) is 0 Å². The van der Waals surface area contributed by atoms with Crippen molar-refractivity contribution in [3.8, 4) is 11.5 Å². The number of rotatable bonds is 6. The fraction of sp³-hybridized carbons (Fsp3) is 0.346. The molecule has 5 rings (SSSR count). The highest BCUT2D eigenvalue weighted by atomic mass is 32.1. The van der Waals surface area contributed by atoms with E-state index in [2.05, 4.69) is 45.9 Å². The Morgan fingerprint density at radius 1 is 1.03 bits per heavy atom. The highest BCUT2D eigenvalue weighted by Gasteiger charge is 2.29. The van der Waals surface area contributed by atoms with Crippen molar-refractivity contribution in [1.29, 1.82) is 0 Å². The summed E-state index contributed by atoms with van der Waals surface area (Å²) in [5.74, 6) is 1.68. The zero-order valence-corrected chi connectivity index (χ0v) is 18.9. The minimum absolute atomic E-state index is 0.0495. The van der Waals surface area contributed by atoms with E-state index in [-0.39, 0.29) is 18.0 Å². The highest BCUT2D eigenvalue weighted by Crippen LogP contribution is 2.37. The number of ether oxygens (including phenoxy) is 2. The molecule has 2 aliphatic heterocycles. The number of amides is 1. The lowest BCUT2D eigenvalue weighted by atomic mass is 10.0. The molecule has 2 unspecified atom stereocenters. The number of benzene rings is 2. The second-order valence-electron chi connectivity index (χ2n) is 8.31. The molecule has 1 N–H and O–H groups in total. The molecule has 166 valence electrons. The summed E-state index contributed by atoms with van der Waals surface area (Å²) in [6.45, 7) is 2.67. The minimum atomic E-state index is -0.122. The van der Waals surface area contributed by atoms with Gasteiger partial charge in [0.25, 0.3) is 0 Å². The number of nitrogens with one attached hydrogen (secondary N) is 1. The molecule has 0 radical (unpaired) electrons. The van der Waals surface area contributed by atoms with Gasteiger partial charge in [0.2, 0.25) is 5.91 Å². The Labute approximate surface area is 193 Å². The first-order chi connectivity index (χ1) is 15.8. The van der Waals surface area contributed by atoms with Crippen molar-refractivity contribution >= 4 is 17.2 Å². The predicted molar refractivity (Wildman–Crippen MR) is 126 cm³/mol. The van der Waals surface area contributed by atoms with Crippen molar-refractivity contribution in [3.05, 3.63) is 82.0 Å². The van der Waals surface area contributed by atoms with E-state index in [1.807, 2.05) is 30.3 Å². The third kappa shape index (κ3) is 4.66. The molecular formula is C26H28N2O3S. The molecule has 1 aromatic heterocycles. The summed E-state index contributed by atoms with van der Waals surface area (Å²) in [5.41, 5.74) is 2.29. The number of hydrogen-bond acceptors (Lipinski definition) is 5. The minimum Gasteiger partial charge on any atom is -0.490 e. The summed E-state index contributed by atoms with van der Waals surface area (Å²) in [5, 5.41) is 5.33. The fourth-order valence-electron chi connectivity index (χ4n) is 4.59. The Kier molecular flexibility index (Phi) is 6.41. The van der Waals surface area contributed by atoms with Crippen LogP contribution in [0.1, 0.15) is 47.4 Å². The van der Waals surface area contributed by atoms with Gasteiger partial charge in [-0.15, -0.1) is 11.3 Å². The van der Waals surface area contributed by atoms with Crippen LogP contribution in [-0.4, -0.2) is 37.1 Å². The Bertz CT molecular complexity index is 1040. The van der Waals surface area contributed by atoms with Crippen molar-refractivity contribution in [2.24, 2.45) is 0 Å². The van der Waals surface area contributed by atoms with Gasteiger partial charge in [-0.25, -0.2) is 0 Å². The van der Waals surface area contributed by atoms with Crippen molar-refractivity contribution < 1.29 is 14.3 Å². The zero-order chi connectivity index (χ0) is 21.8. The maximum atomic E-state index is 13.1. The third-order valence-corrected chi connectivity index (χ3v) is 7.07. The van der Waals surface area contributed by atoms with Gasteiger partial charge in [-0.3, -0.25) is 9.69 Å². The van der Waals surface area contributed by atoms with E-state index >= 15 is 0 Å². The molecule has 5 nitrogen and oxygen atoms in total. The van der Waals surface area contributed by atoms with E-state index in [0.717, 1.165) is 47.7 Å². The molecule has 6 heteroatoms. The van der Waals surface area contributed by atoms with Crippen molar-refractivity contribution in [3.63, 3.8) is 0 Å². The summed E-state index contributed by atoms with van der Waals surface area (Å²) >= 11 is 1.67. The largest absolute Gasteiger partial charge is 0.490 e. The average Bonchev–Trinajstić information content (AvgIpc) is 3.46. The molecule has 1 amide bonds. The van der Waals surface area contributed by atoms with Crippen LogP contribution in [-0.2, 0) is 4.79 Å². The molecule has 0 bridgehead atoms. The van der Waals surface area contributed by atoms with Crippen molar-refractivity contribution in [2.45, 2.75) is 31.3 Å². The predicted octanol–water partition coefficient (Wildman–Crippen LogP) is 4.95. The van der Waals surface area contributed by atoms with E-state index in [0.29, 0.717) is 19.8 Å². The molecule has 1 fully saturated rings. The quantitative estimate of drug-likeness (QED) is 0.580. The third-order valence-electron chi connectivity index (χ3n) is 6.13. The number of carbonyl (C=O) groups is 1. The first-order valence-corrected chi connectivity index (χ1v) is 12.2. The number of thiophene rings is 1. The molecule has 2 aliphatic rings. The number of fused-ring (bicyclic) bond motifs is 1. The van der Waals surface area contributed by atoms with E-state index in [9.17, 15) is 4.79 Å². The topological polar surface area (TPSA) is 50.8 Å². The maximum absolute atomic E-state index is 13.1. The molecule has 0 aliphatic carbocycles. The standard InChI is InChI=1S/C26H28N2O3S/c29-25(27-26(24-10-5-16-32-24)19-7-2-1-3-8-19)18-28-13-4-9-21(28)20-11-12-22-23(17-20)31-15-6-14-30-22/h1-3,5,7-8,10-12,16-17,21,26H,4,6,9,13-15,18H2,(H,27,29). The van der Waals surface area contributed by atoms with Gasteiger partial charge in [0, 0.05) is 17.3 Å². The summed E-state index contributed by atoms with van der Waals surface area (Å²) in [4.78, 5) is 16.6. The van der Waals surface area contributed by atoms with Crippen LogP contribution in [0.15, 0.2) is 66.0 Å². The lowest BCUT2D eigenvalue weighted by Gasteiger charge is -2.26. The molecular weight excluding hydrogens is 420 g/mol. The zero-order valence-electron chi connectivity index (χ0n) is 18.0. The fourth-order valence-corrected chi connectivity index (χ4v) is 5.39. The second-order valence-corrected chi connectivity index (χ2v) is 9.29. The first kappa shape index (κ1) is 21.0. The lowest BCUT2D eigenvalue weighted by molar-refractivity contribution is -0.123.